The lowest BCUT2D eigenvalue weighted by atomic mass is 10.1. The highest BCUT2D eigenvalue weighted by Gasteiger charge is 2.18. The summed E-state index contributed by atoms with van der Waals surface area (Å²) in [5, 5.41) is 3.00. The van der Waals surface area contributed by atoms with Crippen LogP contribution < -0.4 is 11.1 Å². The van der Waals surface area contributed by atoms with Crippen LogP contribution in [-0.4, -0.2) is 9.97 Å². The van der Waals surface area contributed by atoms with Crippen molar-refractivity contribution >= 4 is 44.6 Å². The first-order chi connectivity index (χ1) is 10.0. The quantitative estimate of drug-likeness (QED) is 0.811. The summed E-state index contributed by atoms with van der Waals surface area (Å²) in [7, 11) is 0. The Morgan fingerprint density at radius 3 is 2.86 bits per heavy atom. The molecule has 2 aromatic rings. The minimum absolute atomic E-state index is 0.261. The van der Waals surface area contributed by atoms with Gasteiger partial charge in [-0.1, -0.05) is 28.1 Å². The van der Waals surface area contributed by atoms with E-state index in [1.807, 2.05) is 6.07 Å². The maximum absolute atomic E-state index is 14.0. The van der Waals surface area contributed by atoms with Crippen LogP contribution in [0.5, 0.6) is 0 Å². The number of aromatic nitrogens is 1. The third-order valence-electron chi connectivity index (χ3n) is 3.50. The summed E-state index contributed by atoms with van der Waals surface area (Å²) < 4.78 is 14.6. The molecule has 1 aromatic heterocycles. The van der Waals surface area contributed by atoms with Gasteiger partial charge >= 0.3 is 0 Å². The summed E-state index contributed by atoms with van der Waals surface area (Å²) in [4.78, 5) is 4.84. The fourth-order valence-corrected chi connectivity index (χ4v) is 2.96. The van der Waals surface area contributed by atoms with E-state index in [1.54, 1.807) is 12.1 Å². The van der Waals surface area contributed by atoms with Crippen molar-refractivity contribution in [1.29, 1.82) is 0 Å². The van der Waals surface area contributed by atoms with Crippen molar-refractivity contribution in [3.63, 3.8) is 0 Å². The summed E-state index contributed by atoms with van der Waals surface area (Å²) in [5.41, 5.74) is 9.00. The van der Waals surface area contributed by atoms with Gasteiger partial charge in [-0.2, -0.15) is 0 Å². The molecule has 1 aliphatic rings. The highest BCUT2D eigenvalue weighted by atomic mass is 79.9. The molecule has 0 amide bonds. The fourth-order valence-electron chi connectivity index (χ4n) is 2.47. The number of nitrogens with one attached hydrogen (secondary N) is 1. The third kappa shape index (κ3) is 2.91. The van der Waals surface area contributed by atoms with Crippen LogP contribution in [0.15, 0.2) is 28.7 Å². The molecule has 0 radical (unpaired) electrons. The Hall–Kier alpha value is -1.53. The Labute approximate surface area is 135 Å². The SMILES string of the molecule is NC(=S)c1cc2c(nc1Nc1ccc(Br)cc1F)CCC2. The minimum Gasteiger partial charge on any atom is -0.389 e. The summed E-state index contributed by atoms with van der Waals surface area (Å²) in [5.74, 6) is 0.157. The molecular formula is C15H13BrFN3S. The van der Waals surface area contributed by atoms with Gasteiger partial charge in [0.15, 0.2) is 0 Å². The highest BCUT2D eigenvalue weighted by Crippen LogP contribution is 2.28. The second-order valence-corrected chi connectivity index (χ2v) is 6.31. The zero-order valence-corrected chi connectivity index (χ0v) is 13.5. The second-order valence-electron chi connectivity index (χ2n) is 4.96. The number of rotatable bonds is 3. The average Bonchev–Trinajstić information content (AvgIpc) is 2.88. The Kier molecular flexibility index (Phi) is 3.91. The summed E-state index contributed by atoms with van der Waals surface area (Å²) in [6.45, 7) is 0. The van der Waals surface area contributed by atoms with Gasteiger partial charge in [-0.25, -0.2) is 9.37 Å². The van der Waals surface area contributed by atoms with Crippen molar-refractivity contribution in [1.82, 2.24) is 4.98 Å². The van der Waals surface area contributed by atoms with E-state index in [-0.39, 0.29) is 10.8 Å². The van der Waals surface area contributed by atoms with E-state index in [1.165, 1.54) is 11.6 Å². The fraction of sp³-hybridized carbons (Fsp3) is 0.200. The molecule has 1 aromatic carbocycles. The van der Waals surface area contributed by atoms with Crippen LogP contribution in [0.4, 0.5) is 15.9 Å². The maximum Gasteiger partial charge on any atom is 0.147 e. The van der Waals surface area contributed by atoms with E-state index in [0.29, 0.717) is 21.5 Å². The smallest absolute Gasteiger partial charge is 0.147 e. The van der Waals surface area contributed by atoms with Crippen molar-refractivity contribution in [2.45, 2.75) is 19.3 Å². The van der Waals surface area contributed by atoms with Gasteiger partial charge in [0.25, 0.3) is 0 Å². The lowest BCUT2D eigenvalue weighted by molar-refractivity contribution is 0.631. The summed E-state index contributed by atoms with van der Waals surface area (Å²) in [6.07, 6.45) is 3.00. The predicted octanol–water partition coefficient (Wildman–Crippen LogP) is 3.85. The highest BCUT2D eigenvalue weighted by molar-refractivity contribution is 9.10. The van der Waals surface area contributed by atoms with E-state index in [2.05, 4.69) is 26.2 Å². The van der Waals surface area contributed by atoms with Gasteiger partial charge < -0.3 is 11.1 Å². The first-order valence-electron chi connectivity index (χ1n) is 6.59. The number of anilines is 2. The molecule has 3 nitrogen and oxygen atoms in total. The van der Waals surface area contributed by atoms with Crippen LogP contribution in [0.25, 0.3) is 0 Å². The molecule has 0 fully saturated rings. The Morgan fingerprint density at radius 2 is 2.14 bits per heavy atom. The molecule has 3 rings (SSSR count). The zero-order chi connectivity index (χ0) is 15.0. The van der Waals surface area contributed by atoms with Crippen molar-refractivity contribution < 1.29 is 4.39 Å². The zero-order valence-electron chi connectivity index (χ0n) is 11.1. The number of nitrogens with zero attached hydrogens (tertiary/aromatic N) is 1. The van der Waals surface area contributed by atoms with E-state index >= 15 is 0 Å². The lowest BCUT2D eigenvalue weighted by Crippen LogP contribution is -2.14. The van der Waals surface area contributed by atoms with Crippen LogP contribution in [0.2, 0.25) is 0 Å². The van der Waals surface area contributed by atoms with E-state index < -0.39 is 0 Å². The number of hydrogen-bond donors (Lipinski definition) is 2. The molecular weight excluding hydrogens is 353 g/mol. The first kappa shape index (κ1) is 14.4. The van der Waals surface area contributed by atoms with Crippen LogP contribution in [0, 0.1) is 5.82 Å². The number of benzene rings is 1. The van der Waals surface area contributed by atoms with Crippen LogP contribution >= 0.6 is 28.1 Å². The topological polar surface area (TPSA) is 50.9 Å². The van der Waals surface area contributed by atoms with E-state index in [4.69, 9.17) is 18.0 Å². The normalized spacial score (nSPS) is 13.0. The minimum atomic E-state index is -0.361. The van der Waals surface area contributed by atoms with Crippen molar-refractivity contribution in [2.24, 2.45) is 5.73 Å². The maximum atomic E-state index is 14.0. The molecule has 1 aliphatic carbocycles. The molecule has 0 saturated heterocycles. The van der Waals surface area contributed by atoms with Gasteiger partial charge in [-0.05, 0) is 49.1 Å². The predicted molar refractivity (Wildman–Crippen MR) is 89.5 cm³/mol. The molecule has 21 heavy (non-hydrogen) atoms. The monoisotopic (exact) mass is 365 g/mol. The second kappa shape index (κ2) is 5.69. The van der Waals surface area contributed by atoms with E-state index in [0.717, 1.165) is 25.0 Å². The molecule has 1 heterocycles. The molecule has 108 valence electrons. The third-order valence-corrected chi connectivity index (χ3v) is 4.21. The molecule has 0 atom stereocenters. The lowest BCUT2D eigenvalue weighted by Gasteiger charge is -2.13. The molecule has 6 heteroatoms. The Bertz CT molecular complexity index is 733. The number of hydrogen-bond acceptors (Lipinski definition) is 3. The number of nitrogens with two attached hydrogens (primary N) is 1. The van der Waals surface area contributed by atoms with Gasteiger partial charge in [0.2, 0.25) is 0 Å². The largest absolute Gasteiger partial charge is 0.389 e. The first-order valence-corrected chi connectivity index (χ1v) is 7.79. The number of aryl methyl sites for hydroxylation is 2. The number of fused-ring (bicyclic) bond motifs is 1. The van der Waals surface area contributed by atoms with Crippen molar-refractivity contribution in [3.05, 3.63) is 51.4 Å². The van der Waals surface area contributed by atoms with Crippen molar-refractivity contribution in [2.75, 3.05) is 5.32 Å². The molecule has 0 unspecified atom stereocenters. The van der Waals surface area contributed by atoms with Crippen LogP contribution in [-0.2, 0) is 12.8 Å². The summed E-state index contributed by atoms with van der Waals surface area (Å²) in [6, 6.07) is 6.78. The standard InChI is InChI=1S/C15H13BrFN3S/c16-9-4-5-13(11(17)7-9)20-15-10(14(18)21)6-8-2-1-3-12(8)19-15/h4-7H,1-3H2,(H2,18,21)(H,19,20). The molecule has 0 saturated carbocycles. The van der Waals surface area contributed by atoms with Gasteiger partial charge in [-0.15, -0.1) is 0 Å². The van der Waals surface area contributed by atoms with Gasteiger partial charge in [-0.3, -0.25) is 0 Å². The molecule has 0 spiro atoms. The molecule has 0 aliphatic heterocycles. The number of thiocarbonyl (C=S) groups is 1. The van der Waals surface area contributed by atoms with Crippen LogP contribution in [0.1, 0.15) is 23.2 Å². The number of halogens is 2. The average molecular weight is 366 g/mol. The van der Waals surface area contributed by atoms with Gasteiger partial charge in [0, 0.05) is 10.2 Å². The van der Waals surface area contributed by atoms with Gasteiger partial charge in [0.05, 0.1) is 11.3 Å². The summed E-state index contributed by atoms with van der Waals surface area (Å²) >= 11 is 8.32. The van der Waals surface area contributed by atoms with Crippen LogP contribution in [0.3, 0.4) is 0 Å². The molecule has 0 bridgehead atoms. The Morgan fingerprint density at radius 1 is 1.33 bits per heavy atom. The number of pyridine rings is 1. The molecule has 3 N–H and O–H groups in total. The van der Waals surface area contributed by atoms with Gasteiger partial charge in [0.1, 0.15) is 16.6 Å². The van der Waals surface area contributed by atoms with E-state index in [9.17, 15) is 4.39 Å². The van der Waals surface area contributed by atoms with Crippen molar-refractivity contribution in [3.8, 4) is 0 Å². The Balaban J connectivity index is 2.03.